The highest BCUT2D eigenvalue weighted by Crippen LogP contribution is 2.22. The van der Waals surface area contributed by atoms with Crippen molar-refractivity contribution in [3.8, 4) is 11.8 Å². The zero-order valence-electron chi connectivity index (χ0n) is 6.97. The molecule has 68 valence electrons. The molecule has 1 aromatic carbocycles. The molecule has 2 nitrogen and oxygen atoms in total. The molecule has 0 bridgehead atoms. The Morgan fingerprint density at radius 3 is 2.31 bits per heavy atom. The third kappa shape index (κ3) is 1.94. The van der Waals surface area contributed by atoms with Crippen LogP contribution in [0.4, 0.5) is 8.78 Å². The summed E-state index contributed by atoms with van der Waals surface area (Å²) >= 11 is 0. The van der Waals surface area contributed by atoms with Gasteiger partial charge in [-0.1, -0.05) is 0 Å². The van der Waals surface area contributed by atoms with Crippen LogP contribution in [-0.2, 0) is 0 Å². The number of ether oxygens (including phenoxy) is 1. The van der Waals surface area contributed by atoms with Crippen molar-refractivity contribution in [3.63, 3.8) is 0 Å². The highest BCUT2D eigenvalue weighted by Gasteiger charge is 2.11. The van der Waals surface area contributed by atoms with E-state index in [0.717, 1.165) is 12.1 Å². The fourth-order valence-corrected chi connectivity index (χ4v) is 0.907. The first-order chi connectivity index (χ1) is 6.19. The highest BCUT2D eigenvalue weighted by atomic mass is 19.1. The summed E-state index contributed by atoms with van der Waals surface area (Å²) in [5.74, 6) is -2.13. The van der Waals surface area contributed by atoms with Crippen molar-refractivity contribution in [3.05, 3.63) is 29.3 Å². The Morgan fingerprint density at radius 1 is 1.38 bits per heavy atom. The van der Waals surface area contributed by atoms with Crippen molar-refractivity contribution in [2.24, 2.45) is 0 Å². The Labute approximate surface area is 74.4 Å². The zero-order chi connectivity index (χ0) is 9.84. The summed E-state index contributed by atoms with van der Waals surface area (Å²) in [6.45, 7) is 1.80. The SMILES string of the molecule is CCOc1c(F)cc(C#N)cc1F. The maximum atomic E-state index is 13.0. The molecule has 0 unspecified atom stereocenters. The summed E-state index contributed by atoms with van der Waals surface area (Å²) in [6, 6.07) is 3.52. The second-order valence-electron chi connectivity index (χ2n) is 2.31. The minimum absolute atomic E-state index is 0.0570. The molecule has 0 saturated carbocycles. The smallest absolute Gasteiger partial charge is 0.190 e. The Hall–Kier alpha value is -1.63. The first-order valence-electron chi connectivity index (χ1n) is 3.71. The van der Waals surface area contributed by atoms with Crippen LogP contribution < -0.4 is 4.74 Å². The summed E-state index contributed by atoms with van der Waals surface area (Å²) < 4.78 is 30.6. The lowest BCUT2D eigenvalue weighted by atomic mass is 10.2. The largest absolute Gasteiger partial charge is 0.488 e. The van der Waals surface area contributed by atoms with E-state index in [9.17, 15) is 8.78 Å². The lowest BCUT2D eigenvalue weighted by Gasteiger charge is -2.05. The lowest BCUT2D eigenvalue weighted by molar-refractivity contribution is 0.302. The van der Waals surface area contributed by atoms with Crippen LogP contribution in [0.3, 0.4) is 0 Å². The monoisotopic (exact) mass is 183 g/mol. The van der Waals surface area contributed by atoms with Gasteiger partial charge in [0.1, 0.15) is 0 Å². The molecular weight excluding hydrogens is 176 g/mol. The number of nitriles is 1. The third-order valence-corrected chi connectivity index (χ3v) is 1.42. The maximum absolute atomic E-state index is 13.0. The minimum Gasteiger partial charge on any atom is -0.488 e. The number of halogens is 2. The van der Waals surface area contributed by atoms with Gasteiger partial charge in [-0.2, -0.15) is 5.26 Å². The van der Waals surface area contributed by atoms with Crippen LogP contribution in [0.2, 0.25) is 0 Å². The van der Waals surface area contributed by atoms with Gasteiger partial charge in [0.25, 0.3) is 0 Å². The molecule has 0 amide bonds. The van der Waals surface area contributed by atoms with Crippen LogP contribution >= 0.6 is 0 Å². The summed E-state index contributed by atoms with van der Waals surface area (Å²) in [4.78, 5) is 0. The average molecular weight is 183 g/mol. The van der Waals surface area contributed by atoms with E-state index in [1.807, 2.05) is 0 Å². The number of hydrogen-bond acceptors (Lipinski definition) is 2. The van der Waals surface area contributed by atoms with Crippen LogP contribution in [0.5, 0.6) is 5.75 Å². The minimum atomic E-state index is -0.849. The van der Waals surface area contributed by atoms with Crippen LogP contribution in [0.25, 0.3) is 0 Å². The van der Waals surface area contributed by atoms with Crippen LogP contribution in [0.1, 0.15) is 12.5 Å². The van der Waals surface area contributed by atoms with Gasteiger partial charge in [-0.25, -0.2) is 8.78 Å². The van der Waals surface area contributed by atoms with Gasteiger partial charge in [-0.3, -0.25) is 0 Å². The van der Waals surface area contributed by atoms with Crippen LogP contribution in [0.15, 0.2) is 12.1 Å². The average Bonchev–Trinajstić information content (AvgIpc) is 2.11. The number of hydrogen-bond donors (Lipinski definition) is 0. The first kappa shape index (κ1) is 9.46. The molecule has 1 rings (SSSR count). The molecule has 0 saturated heterocycles. The van der Waals surface area contributed by atoms with E-state index in [1.54, 1.807) is 13.0 Å². The Bertz CT molecular complexity index is 334. The van der Waals surface area contributed by atoms with Gasteiger partial charge in [0.15, 0.2) is 17.4 Å². The van der Waals surface area contributed by atoms with E-state index in [4.69, 9.17) is 10.00 Å². The second-order valence-corrected chi connectivity index (χ2v) is 2.31. The van der Waals surface area contributed by atoms with Crippen molar-refractivity contribution >= 4 is 0 Å². The predicted octanol–water partition coefficient (Wildman–Crippen LogP) is 2.24. The second kappa shape index (κ2) is 3.85. The number of nitrogens with zero attached hydrogens (tertiary/aromatic N) is 1. The molecule has 0 aliphatic heterocycles. The molecule has 0 atom stereocenters. The molecule has 13 heavy (non-hydrogen) atoms. The quantitative estimate of drug-likeness (QED) is 0.704. The van der Waals surface area contributed by atoms with Crippen LogP contribution in [-0.4, -0.2) is 6.61 Å². The molecular formula is C9H7F2NO. The molecule has 0 heterocycles. The van der Waals surface area contributed by atoms with Gasteiger partial charge < -0.3 is 4.74 Å². The Morgan fingerprint density at radius 2 is 1.92 bits per heavy atom. The van der Waals surface area contributed by atoms with Crippen molar-refractivity contribution in [2.45, 2.75) is 6.92 Å². The molecule has 1 aromatic rings. The van der Waals surface area contributed by atoms with Crippen molar-refractivity contribution in [1.29, 1.82) is 5.26 Å². The summed E-state index contributed by atoms with van der Waals surface area (Å²) in [6.07, 6.45) is 0. The van der Waals surface area contributed by atoms with Crippen molar-refractivity contribution in [1.82, 2.24) is 0 Å². The summed E-state index contributed by atoms with van der Waals surface area (Å²) in [5.41, 5.74) is -0.0570. The topological polar surface area (TPSA) is 33.0 Å². The van der Waals surface area contributed by atoms with Crippen LogP contribution in [0, 0.1) is 23.0 Å². The van der Waals surface area contributed by atoms with E-state index >= 15 is 0 Å². The predicted molar refractivity (Wildman–Crippen MR) is 42.2 cm³/mol. The van der Waals surface area contributed by atoms with Crippen molar-refractivity contribution < 1.29 is 13.5 Å². The van der Waals surface area contributed by atoms with Gasteiger partial charge in [0, 0.05) is 0 Å². The van der Waals surface area contributed by atoms with E-state index in [1.165, 1.54) is 0 Å². The molecule has 0 N–H and O–H groups in total. The molecule has 0 fully saturated rings. The molecule has 0 spiro atoms. The van der Waals surface area contributed by atoms with E-state index in [2.05, 4.69) is 0 Å². The molecule has 0 radical (unpaired) electrons. The number of rotatable bonds is 2. The molecule has 4 heteroatoms. The van der Waals surface area contributed by atoms with Gasteiger partial charge in [0.05, 0.1) is 18.2 Å². The zero-order valence-corrected chi connectivity index (χ0v) is 6.97. The normalized spacial score (nSPS) is 9.38. The standard InChI is InChI=1S/C9H7F2NO/c1-2-13-9-7(10)3-6(5-12)4-8(9)11/h3-4H,2H2,1H3. The first-order valence-corrected chi connectivity index (χ1v) is 3.71. The van der Waals surface area contributed by atoms with Gasteiger partial charge >= 0.3 is 0 Å². The highest BCUT2D eigenvalue weighted by molar-refractivity contribution is 5.37. The Kier molecular flexibility index (Phi) is 2.80. The molecule has 0 aliphatic carbocycles. The maximum Gasteiger partial charge on any atom is 0.190 e. The summed E-state index contributed by atoms with van der Waals surface area (Å²) in [7, 11) is 0. The fraction of sp³-hybridized carbons (Fsp3) is 0.222. The summed E-state index contributed by atoms with van der Waals surface area (Å²) in [5, 5.41) is 8.38. The Balaban J connectivity index is 3.17. The van der Waals surface area contributed by atoms with E-state index in [0.29, 0.717) is 0 Å². The molecule has 0 aliphatic rings. The molecule has 0 aromatic heterocycles. The fourth-order valence-electron chi connectivity index (χ4n) is 0.907. The van der Waals surface area contributed by atoms with Crippen molar-refractivity contribution in [2.75, 3.05) is 6.61 Å². The number of benzene rings is 1. The van der Waals surface area contributed by atoms with Gasteiger partial charge in [-0.15, -0.1) is 0 Å². The van der Waals surface area contributed by atoms with E-state index < -0.39 is 17.4 Å². The third-order valence-electron chi connectivity index (χ3n) is 1.42. The van der Waals surface area contributed by atoms with E-state index in [-0.39, 0.29) is 12.2 Å². The van der Waals surface area contributed by atoms with Gasteiger partial charge in [-0.05, 0) is 19.1 Å². The van der Waals surface area contributed by atoms with Gasteiger partial charge in [0.2, 0.25) is 0 Å². The lowest BCUT2D eigenvalue weighted by Crippen LogP contribution is -1.98.